The van der Waals surface area contributed by atoms with Crippen LogP contribution >= 0.6 is 0 Å². The summed E-state index contributed by atoms with van der Waals surface area (Å²) in [6, 6.07) is 9.09. The summed E-state index contributed by atoms with van der Waals surface area (Å²) in [5.41, 5.74) is 11.9. The lowest BCUT2D eigenvalue weighted by atomic mass is 9.83. The van der Waals surface area contributed by atoms with Crippen LogP contribution in [0.2, 0.25) is 0 Å². The number of nitrogens with two attached hydrogens (primary N) is 2. The minimum absolute atomic E-state index is 0.101. The Balaban J connectivity index is 1.60. The molecular weight excluding hydrogens is 372 g/mol. The van der Waals surface area contributed by atoms with Gasteiger partial charge in [-0.3, -0.25) is 15.0 Å². The third-order valence-electron chi connectivity index (χ3n) is 5.71. The van der Waals surface area contributed by atoms with Gasteiger partial charge in [-0.05, 0) is 37.7 Å². The van der Waals surface area contributed by atoms with Gasteiger partial charge in [-0.25, -0.2) is 0 Å². The first-order valence-corrected chi connectivity index (χ1v) is 10.0. The number of hydrogen-bond donors (Lipinski definition) is 5. The minimum Gasteiger partial charge on any atom is -0.371 e. The van der Waals surface area contributed by atoms with E-state index in [1.165, 1.54) is 9.80 Å². The number of carbonyl (C=O) groups is 2. The van der Waals surface area contributed by atoms with Crippen LogP contribution in [-0.2, 0) is 16.0 Å². The molecule has 3 atom stereocenters. The molecule has 1 unspecified atom stereocenters. The Morgan fingerprint density at radius 2 is 2.00 bits per heavy atom. The summed E-state index contributed by atoms with van der Waals surface area (Å²) in [5.74, 6) is -0.800. The second-order valence-electron chi connectivity index (χ2n) is 7.96. The molecule has 0 radical (unpaired) electrons. The summed E-state index contributed by atoms with van der Waals surface area (Å²) in [5, 5.41) is 20.6. The standard InChI is InChI=1S/C20H30N6O3/c21-19(22)26-11-4-8-15(17(26)28)24-16(27)13-25-10-5-9-20(23,18(25)29)12-14-6-2-1-3-7-14/h1-3,6-7,15,17,28H,4-5,8-13,23H2,(H3,21,22)(H,24,27)/t15-,17?,20+/m0/s1. The highest BCUT2D eigenvalue weighted by atomic mass is 16.3. The number of likely N-dealkylation sites (tertiary alicyclic amines) is 2. The summed E-state index contributed by atoms with van der Waals surface area (Å²) in [6.45, 7) is 0.852. The molecule has 2 amide bonds. The average Bonchev–Trinajstić information content (AvgIpc) is 2.68. The molecule has 29 heavy (non-hydrogen) atoms. The molecule has 3 rings (SSSR count). The van der Waals surface area contributed by atoms with Crippen LogP contribution in [-0.4, -0.2) is 70.1 Å². The van der Waals surface area contributed by atoms with Crippen molar-refractivity contribution in [3.05, 3.63) is 35.9 Å². The highest BCUT2D eigenvalue weighted by molar-refractivity contribution is 5.91. The molecule has 9 nitrogen and oxygen atoms in total. The van der Waals surface area contributed by atoms with E-state index in [9.17, 15) is 14.7 Å². The van der Waals surface area contributed by atoms with Crippen LogP contribution in [0, 0.1) is 5.41 Å². The summed E-state index contributed by atoms with van der Waals surface area (Å²) >= 11 is 0. The molecule has 0 aliphatic carbocycles. The van der Waals surface area contributed by atoms with Gasteiger partial charge in [0.1, 0.15) is 6.23 Å². The normalized spacial score (nSPS) is 27.6. The van der Waals surface area contributed by atoms with Crippen molar-refractivity contribution in [3.63, 3.8) is 0 Å². The van der Waals surface area contributed by atoms with E-state index in [0.717, 1.165) is 12.0 Å². The largest absolute Gasteiger partial charge is 0.371 e. The van der Waals surface area contributed by atoms with Crippen LogP contribution in [0.15, 0.2) is 30.3 Å². The quantitative estimate of drug-likeness (QED) is 0.326. The number of aliphatic hydroxyl groups excluding tert-OH is 1. The molecule has 0 spiro atoms. The lowest BCUT2D eigenvalue weighted by Crippen LogP contribution is -2.63. The summed E-state index contributed by atoms with van der Waals surface area (Å²) < 4.78 is 0. The second kappa shape index (κ2) is 8.79. The fourth-order valence-corrected chi connectivity index (χ4v) is 4.20. The summed E-state index contributed by atoms with van der Waals surface area (Å²) in [7, 11) is 0. The second-order valence-corrected chi connectivity index (χ2v) is 7.96. The van der Waals surface area contributed by atoms with E-state index in [2.05, 4.69) is 5.32 Å². The molecular formula is C20H30N6O3. The number of nitrogens with zero attached hydrogens (tertiary/aromatic N) is 2. The Bertz CT molecular complexity index is 758. The molecule has 7 N–H and O–H groups in total. The fourth-order valence-electron chi connectivity index (χ4n) is 4.20. The average molecular weight is 402 g/mol. The maximum absolute atomic E-state index is 13.0. The van der Waals surface area contributed by atoms with E-state index in [1.807, 2.05) is 30.3 Å². The number of carbonyl (C=O) groups excluding carboxylic acids is 2. The van der Waals surface area contributed by atoms with Gasteiger partial charge in [0.05, 0.1) is 18.1 Å². The number of benzene rings is 1. The molecule has 2 heterocycles. The predicted octanol–water partition coefficient (Wildman–Crippen LogP) is -0.659. The van der Waals surface area contributed by atoms with Gasteiger partial charge >= 0.3 is 0 Å². The van der Waals surface area contributed by atoms with Gasteiger partial charge in [0.2, 0.25) is 11.8 Å². The van der Waals surface area contributed by atoms with E-state index in [0.29, 0.717) is 38.8 Å². The van der Waals surface area contributed by atoms with Gasteiger partial charge in [-0.15, -0.1) is 0 Å². The molecule has 9 heteroatoms. The molecule has 1 aromatic carbocycles. The maximum atomic E-state index is 13.0. The van der Waals surface area contributed by atoms with Crippen molar-refractivity contribution in [1.29, 1.82) is 5.41 Å². The molecule has 158 valence electrons. The Kier molecular flexibility index (Phi) is 6.39. The van der Waals surface area contributed by atoms with Gasteiger partial charge in [-0.1, -0.05) is 30.3 Å². The van der Waals surface area contributed by atoms with Crippen LogP contribution in [0.5, 0.6) is 0 Å². The van der Waals surface area contributed by atoms with Crippen molar-refractivity contribution in [2.45, 2.75) is 49.9 Å². The van der Waals surface area contributed by atoms with E-state index < -0.39 is 17.8 Å². The number of piperidine rings is 2. The Labute approximate surface area is 170 Å². The molecule has 1 aromatic rings. The number of aliphatic hydroxyl groups is 1. The highest BCUT2D eigenvalue weighted by Crippen LogP contribution is 2.24. The van der Waals surface area contributed by atoms with Gasteiger partial charge in [0.25, 0.3) is 0 Å². The zero-order valence-corrected chi connectivity index (χ0v) is 16.5. The van der Waals surface area contributed by atoms with Crippen LogP contribution in [0.3, 0.4) is 0 Å². The summed E-state index contributed by atoms with van der Waals surface area (Å²) in [4.78, 5) is 28.4. The molecule has 0 saturated carbocycles. The first kappa shape index (κ1) is 21.1. The summed E-state index contributed by atoms with van der Waals surface area (Å²) in [6.07, 6.45) is 1.97. The zero-order valence-electron chi connectivity index (χ0n) is 16.5. The van der Waals surface area contributed by atoms with Gasteiger partial charge in [-0.2, -0.15) is 0 Å². The molecule has 0 aromatic heterocycles. The zero-order chi connectivity index (χ0) is 21.0. The lowest BCUT2D eigenvalue weighted by molar-refractivity contribution is -0.144. The first-order chi connectivity index (χ1) is 13.8. The van der Waals surface area contributed by atoms with E-state index in [-0.39, 0.29) is 24.3 Å². The SMILES string of the molecule is N=C(N)N1CCC[C@H](NC(=O)CN2CCC[C@@](N)(Cc3ccccc3)C2=O)C1O. The number of amides is 2. The lowest BCUT2D eigenvalue weighted by Gasteiger charge is -2.40. The molecule has 2 aliphatic heterocycles. The maximum Gasteiger partial charge on any atom is 0.243 e. The Hall–Kier alpha value is -2.65. The van der Waals surface area contributed by atoms with E-state index in [1.54, 1.807) is 0 Å². The van der Waals surface area contributed by atoms with Gasteiger partial charge < -0.3 is 31.7 Å². The van der Waals surface area contributed by atoms with Crippen molar-refractivity contribution in [1.82, 2.24) is 15.1 Å². The van der Waals surface area contributed by atoms with E-state index in [4.69, 9.17) is 16.9 Å². The third kappa shape index (κ3) is 4.86. The fraction of sp³-hybridized carbons (Fsp3) is 0.550. The smallest absolute Gasteiger partial charge is 0.243 e. The number of guanidine groups is 1. The molecule has 0 bridgehead atoms. The minimum atomic E-state index is -1.05. The monoisotopic (exact) mass is 402 g/mol. The third-order valence-corrected chi connectivity index (χ3v) is 5.71. The van der Waals surface area contributed by atoms with Crippen LogP contribution in [0.4, 0.5) is 0 Å². The van der Waals surface area contributed by atoms with Crippen molar-refractivity contribution >= 4 is 17.8 Å². The molecule has 2 aliphatic rings. The van der Waals surface area contributed by atoms with Gasteiger partial charge in [0.15, 0.2) is 5.96 Å². The number of hydrogen-bond acceptors (Lipinski definition) is 5. The van der Waals surface area contributed by atoms with Crippen LogP contribution < -0.4 is 16.8 Å². The Morgan fingerprint density at radius 3 is 2.69 bits per heavy atom. The predicted molar refractivity (Wildman–Crippen MR) is 109 cm³/mol. The number of nitrogens with one attached hydrogen (secondary N) is 2. The van der Waals surface area contributed by atoms with Crippen molar-refractivity contribution < 1.29 is 14.7 Å². The Morgan fingerprint density at radius 1 is 1.28 bits per heavy atom. The van der Waals surface area contributed by atoms with Crippen LogP contribution in [0.25, 0.3) is 0 Å². The van der Waals surface area contributed by atoms with Crippen molar-refractivity contribution in [2.24, 2.45) is 11.5 Å². The van der Waals surface area contributed by atoms with Gasteiger partial charge in [0, 0.05) is 13.1 Å². The van der Waals surface area contributed by atoms with Crippen molar-refractivity contribution in [3.8, 4) is 0 Å². The van der Waals surface area contributed by atoms with E-state index >= 15 is 0 Å². The first-order valence-electron chi connectivity index (χ1n) is 10.0. The van der Waals surface area contributed by atoms with Crippen LogP contribution in [0.1, 0.15) is 31.2 Å². The molecule has 2 saturated heterocycles. The topological polar surface area (TPSA) is 149 Å². The molecule has 2 fully saturated rings. The highest BCUT2D eigenvalue weighted by Gasteiger charge is 2.41. The van der Waals surface area contributed by atoms with Crippen molar-refractivity contribution in [2.75, 3.05) is 19.6 Å². The number of rotatable bonds is 5.